The van der Waals surface area contributed by atoms with Crippen molar-refractivity contribution in [3.63, 3.8) is 0 Å². The number of nitrogens with zero attached hydrogens (tertiary/aromatic N) is 2. The Balaban J connectivity index is 0.00000180. The van der Waals surface area contributed by atoms with Crippen LogP contribution in [0.3, 0.4) is 0 Å². The third kappa shape index (κ3) is 4.82. The van der Waals surface area contributed by atoms with Gasteiger partial charge < -0.3 is 15.6 Å². The van der Waals surface area contributed by atoms with Crippen LogP contribution in [0.15, 0.2) is 42.7 Å². The highest BCUT2D eigenvalue weighted by Crippen LogP contribution is 2.18. The summed E-state index contributed by atoms with van der Waals surface area (Å²) in [6.07, 6.45) is 3.88. The van der Waals surface area contributed by atoms with Gasteiger partial charge in [0.15, 0.2) is 0 Å². The number of aliphatic hydroxyl groups is 1. The van der Waals surface area contributed by atoms with Gasteiger partial charge in [0.2, 0.25) is 0 Å². The van der Waals surface area contributed by atoms with Crippen LogP contribution in [0.2, 0.25) is 0 Å². The van der Waals surface area contributed by atoms with Crippen molar-refractivity contribution in [1.82, 2.24) is 9.97 Å². The van der Waals surface area contributed by atoms with Gasteiger partial charge in [0.25, 0.3) is 0 Å². The van der Waals surface area contributed by atoms with Crippen LogP contribution in [0.25, 0.3) is 0 Å². The summed E-state index contributed by atoms with van der Waals surface area (Å²) in [6, 6.07) is 9.30. The van der Waals surface area contributed by atoms with Gasteiger partial charge >= 0.3 is 6.01 Å². The lowest BCUT2D eigenvalue weighted by molar-refractivity contribution is 0.265. The molecule has 0 aliphatic heterocycles. The lowest BCUT2D eigenvalue weighted by Gasteiger charge is -2.08. The average Bonchev–Trinajstić information content (AvgIpc) is 2.42. The zero-order valence-electron chi connectivity index (χ0n) is 10.3. The molecule has 0 bridgehead atoms. The van der Waals surface area contributed by atoms with Crippen molar-refractivity contribution in [2.75, 3.05) is 6.61 Å². The molecule has 1 unspecified atom stereocenters. The third-order valence-corrected chi connectivity index (χ3v) is 2.41. The topological polar surface area (TPSA) is 81.3 Å². The number of rotatable bonds is 5. The largest absolute Gasteiger partial charge is 0.424 e. The zero-order valence-corrected chi connectivity index (χ0v) is 11.1. The number of nitrogens with two attached hydrogens (primary N) is 1. The molecular weight excluding hydrogens is 266 g/mol. The van der Waals surface area contributed by atoms with E-state index in [1.54, 1.807) is 18.5 Å². The molecular formula is C13H16ClN3O2. The second-order valence-corrected chi connectivity index (χ2v) is 3.92. The van der Waals surface area contributed by atoms with Gasteiger partial charge in [-0.1, -0.05) is 12.1 Å². The monoisotopic (exact) mass is 281 g/mol. The molecule has 0 saturated carbocycles. The number of aliphatic hydroxyl groups excluding tert-OH is 1. The van der Waals surface area contributed by atoms with Gasteiger partial charge in [-0.05, 0) is 30.2 Å². The smallest absolute Gasteiger partial charge is 0.321 e. The van der Waals surface area contributed by atoms with E-state index in [1.165, 1.54) is 0 Å². The predicted octanol–water partition coefficient (Wildman–Crippen LogP) is 1.55. The summed E-state index contributed by atoms with van der Waals surface area (Å²) in [7, 11) is 0. The van der Waals surface area contributed by atoms with Crippen LogP contribution in [0.5, 0.6) is 11.8 Å². The Bertz CT molecular complexity index is 479. The highest BCUT2D eigenvalue weighted by molar-refractivity contribution is 5.85. The molecule has 0 fully saturated rings. The van der Waals surface area contributed by atoms with Crippen molar-refractivity contribution >= 4 is 12.4 Å². The standard InChI is InChI=1S/C13H15N3O2.ClH/c14-11(9-17)8-10-2-4-12(5-3-10)18-13-15-6-1-7-16-13;/h1-7,11,17H,8-9,14H2;1H. The maximum absolute atomic E-state index is 8.88. The number of aromatic nitrogens is 2. The Kier molecular flexibility index (Phi) is 6.21. The van der Waals surface area contributed by atoms with E-state index in [0.29, 0.717) is 18.2 Å². The second kappa shape index (κ2) is 7.68. The van der Waals surface area contributed by atoms with Gasteiger partial charge in [-0.25, -0.2) is 9.97 Å². The summed E-state index contributed by atoms with van der Waals surface area (Å²) in [5.41, 5.74) is 6.72. The molecule has 0 aliphatic carbocycles. The molecule has 5 nitrogen and oxygen atoms in total. The lowest BCUT2D eigenvalue weighted by Crippen LogP contribution is -2.26. The van der Waals surface area contributed by atoms with Gasteiger partial charge in [-0.3, -0.25) is 0 Å². The maximum atomic E-state index is 8.88. The van der Waals surface area contributed by atoms with Gasteiger partial charge in [-0.2, -0.15) is 0 Å². The van der Waals surface area contributed by atoms with E-state index >= 15 is 0 Å². The first-order valence-corrected chi connectivity index (χ1v) is 5.68. The van der Waals surface area contributed by atoms with Crippen molar-refractivity contribution in [1.29, 1.82) is 0 Å². The molecule has 1 heterocycles. The zero-order chi connectivity index (χ0) is 12.8. The Morgan fingerprint density at radius 3 is 2.37 bits per heavy atom. The van der Waals surface area contributed by atoms with Gasteiger partial charge in [0, 0.05) is 18.4 Å². The normalized spacial score (nSPS) is 11.5. The number of halogens is 1. The molecule has 1 atom stereocenters. The minimum atomic E-state index is -0.228. The van der Waals surface area contributed by atoms with Gasteiger partial charge in [0.05, 0.1) is 6.61 Å². The predicted molar refractivity (Wildman–Crippen MR) is 74.6 cm³/mol. The van der Waals surface area contributed by atoms with E-state index in [0.717, 1.165) is 5.56 Å². The minimum absolute atomic E-state index is 0. The molecule has 6 heteroatoms. The maximum Gasteiger partial charge on any atom is 0.321 e. The quantitative estimate of drug-likeness (QED) is 0.869. The molecule has 0 amide bonds. The van der Waals surface area contributed by atoms with Gasteiger partial charge in [-0.15, -0.1) is 12.4 Å². The first-order chi connectivity index (χ1) is 8.78. The Morgan fingerprint density at radius 2 is 1.79 bits per heavy atom. The van der Waals surface area contributed by atoms with Gasteiger partial charge in [0.1, 0.15) is 5.75 Å². The SMILES string of the molecule is Cl.NC(CO)Cc1ccc(Oc2ncccn2)cc1. The number of ether oxygens (including phenoxy) is 1. The van der Waals surface area contributed by atoms with Crippen LogP contribution in [-0.2, 0) is 6.42 Å². The summed E-state index contributed by atoms with van der Waals surface area (Å²) in [6.45, 7) is -0.0178. The summed E-state index contributed by atoms with van der Waals surface area (Å²) in [4.78, 5) is 7.94. The number of benzene rings is 1. The van der Waals surface area contributed by atoms with Crippen molar-refractivity contribution in [2.45, 2.75) is 12.5 Å². The second-order valence-electron chi connectivity index (χ2n) is 3.92. The summed E-state index contributed by atoms with van der Waals surface area (Å²) in [5, 5.41) is 8.88. The van der Waals surface area contributed by atoms with Crippen LogP contribution >= 0.6 is 12.4 Å². The fourth-order valence-corrected chi connectivity index (χ4v) is 1.50. The van der Waals surface area contributed by atoms with Crippen LogP contribution in [-0.4, -0.2) is 27.7 Å². The van der Waals surface area contributed by atoms with Crippen molar-refractivity contribution < 1.29 is 9.84 Å². The number of hydrogen-bond acceptors (Lipinski definition) is 5. The van der Waals surface area contributed by atoms with Crippen molar-refractivity contribution in [3.8, 4) is 11.8 Å². The molecule has 102 valence electrons. The lowest BCUT2D eigenvalue weighted by atomic mass is 10.1. The summed E-state index contributed by atoms with van der Waals surface area (Å²) >= 11 is 0. The molecule has 0 spiro atoms. The molecule has 1 aromatic carbocycles. The average molecular weight is 282 g/mol. The van der Waals surface area contributed by atoms with Crippen molar-refractivity contribution in [2.24, 2.45) is 5.73 Å². The van der Waals surface area contributed by atoms with E-state index in [4.69, 9.17) is 15.6 Å². The van der Waals surface area contributed by atoms with E-state index in [2.05, 4.69) is 9.97 Å². The summed E-state index contributed by atoms with van der Waals surface area (Å²) in [5.74, 6) is 0.669. The van der Waals surface area contributed by atoms with Crippen LogP contribution in [0.4, 0.5) is 0 Å². The van der Waals surface area contributed by atoms with Crippen molar-refractivity contribution in [3.05, 3.63) is 48.3 Å². The Labute approximate surface area is 117 Å². The first-order valence-electron chi connectivity index (χ1n) is 5.68. The van der Waals surface area contributed by atoms with Crippen LogP contribution in [0.1, 0.15) is 5.56 Å². The Morgan fingerprint density at radius 1 is 1.16 bits per heavy atom. The fourth-order valence-electron chi connectivity index (χ4n) is 1.50. The fraction of sp³-hybridized carbons (Fsp3) is 0.231. The highest BCUT2D eigenvalue weighted by atomic mass is 35.5. The molecule has 19 heavy (non-hydrogen) atoms. The van der Waals surface area contributed by atoms with Crippen LogP contribution < -0.4 is 10.5 Å². The Hall–Kier alpha value is -1.69. The molecule has 1 aromatic heterocycles. The van der Waals surface area contributed by atoms with Crippen LogP contribution in [0, 0.1) is 0 Å². The molecule has 2 rings (SSSR count). The third-order valence-electron chi connectivity index (χ3n) is 2.41. The van der Waals surface area contributed by atoms with E-state index < -0.39 is 0 Å². The molecule has 0 aliphatic rings. The molecule has 3 N–H and O–H groups in total. The molecule has 0 radical (unpaired) electrons. The van der Waals surface area contributed by atoms with E-state index in [-0.39, 0.29) is 25.1 Å². The molecule has 2 aromatic rings. The van der Waals surface area contributed by atoms with E-state index in [1.807, 2.05) is 24.3 Å². The molecule has 0 saturated heterocycles. The number of hydrogen-bond donors (Lipinski definition) is 2. The van der Waals surface area contributed by atoms with E-state index in [9.17, 15) is 0 Å². The minimum Gasteiger partial charge on any atom is -0.424 e. The highest BCUT2D eigenvalue weighted by Gasteiger charge is 2.03. The summed E-state index contributed by atoms with van der Waals surface area (Å²) < 4.78 is 5.46. The first kappa shape index (κ1) is 15.4.